The van der Waals surface area contributed by atoms with E-state index in [1.807, 2.05) is 12.1 Å². The molecule has 0 saturated heterocycles. The third-order valence-corrected chi connectivity index (χ3v) is 8.08. The fraction of sp³-hybridized carbons (Fsp3) is 0.120. The normalized spacial score (nSPS) is 11.3. The first-order valence-electron chi connectivity index (χ1n) is 10.6. The fourth-order valence-electron chi connectivity index (χ4n) is 3.19. The van der Waals surface area contributed by atoms with Crippen molar-refractivity contribution in [3.05, 3.63) is 88.4 Å². The average molecular weight is 547 g/mol. The Morgan fingerprint density at radius 3 is 2.37 bits per heavy atom. The lowest BCUT2D eigenvalue weighted by atomic mass is 10.1. The van der Waals surface area contributed by atoms with Crippen LogP contribution in [0, 0.1) is 0 Å². The van der Waals surface area contributed by atoms with Crippen LogP contribution in [-0.4, -0.2) is 25.1 Å². The largest absolute Gasteiger partial charge is 0.444 e. The minimum atomic E-state index is -3.29. The molecule has 4 aromatic rings. The first-order valence-corrected chi connectivity index (χ1v) is 13.8. The van der Waals surface area contributed by atoms with Crippen LogP contribution < -0.4 is 10.1 Å². The molecule has 1 heterocycles. The summed E-state index contributed by atoms with van der Waals surface area (Å²) in [6.45, 7) is 1.59. The summed E-state index contributed by atoms with van der Waals surface area (Å²) in [6.07, 6.45) is 0.0614. The van der Waals surface area contributed by atoms with Crippen LogP contribution in [0.3, 0.4) is 0 Å². The van der Waals surface area contributed by atoms with Gasteiger partial charge in [-0.1, -0.05) is 65.7 Å². The molecule has 0 atom stereocenters. The maximum atomic E-state index is 12.7. The lowest BCUT2D eigenvalue weighted by Crippen LogP contribution is -2.14. The molecule has 0 aliphatic rings. The van der Waals surface area contributed by atoms with Crippen molar-refractivity contribution < 1.29 is 17.9 Å². The fourth-order valence-corrected chi connectivity index (χ4v) is 5.26. The molecule has 180 valence electrons. The minimum Gasteiger partial charge on any atom is -0.444 e. The van der Waals surface area contributed by atoms with Gasteiger partial charge < -0.3 is 10.1 Å². The van der Waals surface area contributed by atoms with Gasteiger partial charge >= 0.3 is 0 Å². The SMILES string of the molecule is CCS(=O)(=O)c1ccc(CC(=O)Nc2nc(-c3cccc(Cl)c3)c(Oc3ccc(Cl)cc3)s2)cc1. The molecule has 0 aliphatic carbocycles. The van der Waals surface area contributed by atoms with Crippen LogP contribution in [0.15, 0.2) is 77.7 Å². The number of aromatic nitrogens is 1. The van der Waals surface area contributed by atoms with Crippen LogP contribution in [0.4, 0.5) is 5.13 Å². The lowest BCUT2D eigenvalue weighted by Gasteiger charge is -2.05. The summed E-state index contributed by atoms with van der Waals surface area (Å²) in [5, 5.41) is 4.78. The van der Waals surface area contributed by atoms with Crippen molar-refractivity contribution in [1.29, 1.82) is 0 Å². The van der Waals surface area contributed by atoms with Gasteiger partial charge in [0.2, 0.25) is 11.0 Å². The summed E-state index contributed by atoms with van der Waals surface area (Å²) in [4.78, 5) is 17.5. The number of carbonyl (C=O) groups excluding carboxylic acids is 1. The molecule has 0 aliphatic heterocycles. The smallest absolute Gasteiger partial charge is 0.230 e. The molecule has 0 bridgehead atoms. The van der Waals surface area contributed by atoms with Crippen molar-refractivity contribution >= 4 is 55.4 Å². The summed E-state index contributed by atoms with van der Waals surface area (Å²) in [7, 11) is -3.29. The number of ether oxygens (including phenoxy) is 1. The number of benzene rings is 3. The molecule has 0 spiro atoms. The van der Waals surface area contributed by atoms with Gasteiger partial charge in [-0.05, 0) is 54.1 Å². The van der Waals surface area contributed by atoms with Gasteiger partial charge in [0.1, 0.15) is 11.4 Å². The number of carbonyl (C=O) groups is 1. The molecule has 0 radical (unpaired) electrons. The summed E-state index contributed by atoms with van der Waals surface area (Å²) < 4.78 is 30.0. The second kappa shape index (κ2) is 10.8. The molecule has 10 heteroatoms. The van der Waals surface area contributed by atoms with E-state index in [0.717, 1.165) is 5.56 Å². The second-order valence-electron chi connectivity index (χ2n) is 7.49. The first kappa shape index (κ1) is 25.2. The zero-order chi connectivity index (χ0) is 25.0. The van der Waals surface area contributed by atoms with Crippen molar-refractivity contribution in [3.63, 3.8) is 0 Å². The predicted octanol–water partition coefficient (Wildman–Crippen LogP) is 6.88. The van der Waals surface area contributed by atoms with E-state index in [2.05, 4.69) is 10.3 Å². The van der Waals surface area contributed by atoms with Crippen LogP contribution in [0.25, 0.3) is 11.3 Å². The zero-order valence-electron chi connectivity index (χ0n) is 18.5. The Bertz CT molecular complexity index is 1450. The van der Waals surface area contributed by atoms with Crippen molar-refractivity contribution in [1.82, 2.24) is 4.98 Å². The Kier molecular flexibility index (Phi) is 7.76. The molecule has 0 fully saturated rings. The van der Waals surface area contributed by atoms with Crippen LogP contribution in [0.5, 0.6) is 10.8 Å². The van der Waals surface area contributed by atoms with E-state index in [1.165, 1.54) is 23.5 Å². The third kappa shape index (κ3) is 6.41. The molecule has 1 aromatic heterocycles. The number of halogens is 2. The number of hydrogen-bond donors (Lipinski definition) is 1. The molecule has 3 aromatic carbocycles. The van der Waals surface area contributed by atoms with E-state index in [4.69, 9.17) is 27.9 Å². The molecule has 0 unspecified atom stereocenters. The van der Waals surface area contributed by atoms with Gasteiger partial charge in [0.25, 0.3) is 0 Å². The molecule has 35 heavy (non-hydrogen) atoms. The minimum absolute atomic E-state index is 0.0201. The van der Waals surface area contributed by atoms with Gasteiger partial charge in [-0.25, -0.2) is 13.4 Å². The average Bonchev–Trinajstić information content (AvgIpc) is 3.22. The molecular formula is C25H20Cl2N2O4S2. The predicted molar refractivity (Wildman–Crippen MR) is 141 cm³/mol. The molecule has 1 N–H and O–H groups in total. The van der Waals surface area contributed by atoms with E-state index < -0.39 is 9.84 Å². The standard InChI is InChI=1S/C25H20Cl2N2O4S2/c1-2-35(31,32)21-12-6-16(7-13-21)14-22(30)28-25-29-23(17-4-3-5-19(27)15-17)24(34-25)33-20-10-8-18(26)9-11-20/h3-13,15H,2,14H2,1H3,(H,28,29,30). The van der Waals surface area contributed by atoms with Gasteiger partial charge in [0.15, 0.2) is 15.0 Å². The number of thiazole rings is 1. The van der Waals surface area contributed by atoms with E-state index in [0.29, 0.717) is 37.2 Å². The maximum Gasteiger partial charge on any atom is 0.230 e. The quantitative estimate of drug-likeness (QED) is 0.260. The molecule has 1 amide bonds. The van der Waals surface area contributed by atoms with Crippen LogP contribution >= 0.6 is 34.5 Å². The topological polar surface area (TPSA) is 85.4 Å². The van der Waals surface area contributed by atoms with Gasteiger partial charge in [-0.2, -0.15) is 0 Å². The van der Waals surface area contributed by atoms with E-state index in [9.17, 15) is 13.2 Å². The number of nitrogens with one attached hydrogen (secondary N) is 1. The molecule has 0 saturated carbocycles. The van der Waals surface area contributed by atoms with Crippen LogP contribution in [0.1, 0.15) is 12.5 Å². The Morgan fingerprint density at radius 2 is 1.71 bits per heavy atom. The Hall–Kier alpha value is -2.91. The van der Waals surface area contributed by atoms with Crippen molar-refractivity contribution in [3.8, 4) is 22.1 Å². The van der Waals surface area contributed by atoms with Crippen molar-refractivity contribution in [2.24, 2.45) is 0 Å². The number of rotatable bonds is 8. The maximum absolute atomic E-state index is 12.7. The van der Waals surface area contributed by atoms with Crippen molar-refractivity contribution in [2.45, 2.75) is 18.2 Å². The van der Waals surface area contributed by atoms with E-state index in [-0.39, 0.29) is 23.0 Å². The van der Waals surface area contributed by atoms with Gasteiger partial charge in [-0.3, -0.25) is 4.79 Å². The summed E-state index contributed by atoms with van der Waals surface area (Å²) >= 11 is 13.3. The molecule has 6 nitrogen and oxygen atoms in total. The van der Waals surface area contributed by atoms with Crippen molar-refractivity contribution in [2.75, 3.05) is 11.1 Å². The summed E-state index contributed by atoms with van der Waals surface area (Å²) in [6, 6.07) is 20.4. The Balaban J connectivity index is 1.55. The number of hydrogen-bond acceptors (Lipinski definition) is 6. The Morgan fingerprint density at radius 1 is 1.00 bits per heavy atom. The zero-order valence-corrected chi connectivity index (χ0v) is 21.6. The molecule has 4 rings (SSSR count). The highest BCUT2D eigenvalue weighted by molar-refractivity contribution is 7.91. The number of anilines is 1. The number of nitrogens with zero attached hydrogens (tertiary/aromatic N) is 1. The van der Waals surface area contributed by atoms with E-state index in [1.54, 1.807) is 55.5 Å². The second-order valence-corrected chi connectivity index (χ2v) is 11.6. The first-order chi connectivity index (χ1) is 16.7. The highest BCUT2D eigenvalue weighted by Gasteiger charge is 2.18. The third-order valence-electron chi connectivity index (χ3n) is 4.99. The summed E-state index contributed by atoms with van der Waals surface area (Å²) in [5.41, 5.74) is 1.96. The van der Waals surface area contributed by atoms with Gasteiger partial charge in [-0.15, -0.1) is 0 Å². The van der Waals surface area contributed by atoms with Crippen LogP contribution in [-0.2, 0) is 21.1 Å². The lowest BCUT2D eigenvalue weighted by molar-refractivity contribution is -0.115. The summed E-state index contributed by atoms with van der Waals surface area (Å²) in [5.74, 6) is 0.300. The molecular weight excluding hydrogens is 527 g/mol. The van der Waals surface area contributed by atoms with Gasteiger partial charge in [0.05, 0.1) is 17.1 Å². The highest BCUT2D eigenvalue weighted by atomic mass is 35.5. The monoisotopic (exact) mass is 546 g/mol. The Labute approximate surface area is 217 Å². The van der Waals surface area contributed by atoms with Crippen LogP contribution in [0.2, 0.25) is 10.0 Å². The number of amides is 1. The number of sulfone groups is 1. The van der Waals surface area contributed by atoms with Gasteiger partial charge in [0, 0.05) is 15.6 Å². The van der Waals surface area contributed by atoms with E-state index >= 15 is 0 Å². The highest BCUT2D eigenvalue weighted by Crippen LogP contribution is 2.41.